The minimum Gasteiger partial charge on any atom is -0.385 e. The average Bonchev–Trinajstić information content (AvgIpc) is 2.59. The molecule has 0 bridgehead atoms. The van der Waals surface area contributed by atoms with Gasteiger partial charge in [0, 0.05) is 24.3 Å². The first-order valence-corrected chi connectivity index (χ1v) is 7.94. The first-order valence-electron chi connectivity index (χ1n) is 7.94. The molecule has 1 atom stereocenters. The molecule has 0 saturated heterocycles. The summed E-state index contributed by atoms with van der Waals surface area (Å²) in [5.74, 6) is 0.339. The molecule has 0 spiro atoms. The van der Waals surface area contributed by atoms with Gasteiger partial charge in [-0.1, -0.05) is 43.3 Å². The highest BCUT2D eigenvalue weighted by atomic mass is 35.5. The van der Waals surface area contributed by atoms with Crippen molar-refractivity contribution < 1.29 is 4.79 Å². The second-order valence-electron chi connectivity index (χ2n) is 5.88. The molecular formula is C19H23ClN2O. The maximum Gasteiger partial charge on any atom is 0.251 e. The van der Waals surface area contributed by atoms with Gasteiger partial charge in [-0.05, 0) is 42.0 Å². The summed E-state index contributed by atoms with van der Waals surface area (Å²) in [6.07, 6.45) is 2.05. The zero-order valence-electron chi connectivity index (χ0n) is 13.3. The molecule has 0 aromatic heterocycles. The fourth-order valence-electron chi connectivity index (χ4n) is 2.96. The summed E-state index contributed by atoms with van der Waals surface area (Å²) in [4.78, 5) is 12.5. The Bertz CT molecular complexity index is 658. The van der Waals surface area contributed by atoms with Gasteiger partial charge < -0.3 is 10.6 Å². The molecule has 0 aliphatic carbocycles. The molecule has 1 unspecified atom stereocenters. The lowest BCUT2D eigenvalue weighted by Crippen LogP contribution is -2.29. The largest absolute Gasteiger partial charge is 0.385 e. The van der Waals surface area contributed by atoms with Crippen molar-refractivity contribution in [1.29, 1.82) is 0 Å². The van der Waals surface area contributed by atoms with Crippen molar-refractivity contribution in [2.45, 2.75) is 25.7 Å². The third-order valence-electron chi connectivity index (χ3n) is 4.28. The van der Waals surface area contributed by atoms with E-state index in [0.29, 0.717) is 12.5 Å². The van der Waals surface area contributed by atoms with E-state index >= 15 is 0 Å². The van der Waals surface area contributed by atoms with E-state index in [-0.39, 0.29) is 18.3 Å². The minimum absolute atomic E-state index is 0. The van der Waals surface area contributed by atoms with Gasteiger partial charge in [-0.2, -0.15) is 0 Å². The third-order valence-corrected chi connectivity index (χ3v) is 4.28. The van der Waals surface area contributed by atoms with Crippen LogP contribution < -0.4 is 10.6 Å². The topological polar surface area (TPSA) is 41.1 Å². The average molecular weight is 331 g/mol. The molecule has 2 aromatic rings. The van der Waals surface area contributed by atoms with Crippen molar-refractivity contribution in [1.82, 2.24) is 5.32 Å². The summed E-state index contributed by atoms with van der Waals surface area (Å²) < 4.78 is 0. The van der Waals surface area contributed by atoms with Crippen molar-refractivity contribution >= 4 is 24.0 Å². The predicted molar refractivity (Wildman–Crippen MR) is 97.7 cm³/mol. The van der Waals surface area contributed by atoms with Crippen molar-refractivity contribution in [2.75, 3.05) is 18.4 Å². The number of halogens is 1. The van der Waals surface area contributed by atoms with Crippen LogP contribution in [0.4, 0.5) is 5.69 Å². The van der Waals surface area contributed by atoms with Gasteiger partial charge in [0.1, 0.15) is 0 Å². The lowest BCUT2D eigenvalue weighted by Gasteiger charge is -2.21. The summed E-state index contributed by atoms with van der Waals surface area (Å²) in [5.41, 5.74) is 4.32. The van der Waals surface area contributed by atoms with Crippen LogP contribution in [0.2, 0.25) is 0 Å². The number of amides is 1. The van der Waals surface area contributed by atoms with Gasteiger partial charge >= 0.3 is 0 Å². The number of hydrogen-bond donors (Lipinski definition) is 2. The zero-order chi connectivity index (χ0) is 15.4. The van der Waals surface area contributed by atoms with Gasteiger partial charge in [0.05, 0.1) is 0 Å². The van der Waals surface area contributed by atoms with Crippen LogP contribution in [-0.2, 0) is 6.42 Å². The van der Waals surface area contributed by atoms with E-state index in [1.54, 1.807) is 0 Å². The molecule has 1 amide bonds. The number of benzene rings is 2. The summed E-state index contributed by atoms with van der Waals surface area (Å²) >= 11 is 0. The zero-order valence-corrected chi connectivity index (χ0v) is 14.2. The van der Waals surface area contributed by atoms with Crippen molar-refractivity contribution in [2.24, 2.45) is 0 Å². The van der Waals surface area contributed by atoms with Gasteiger partial charge in [-0.25, -0.2) is 0 Å². The van der Waals surface area contributed by atoms with Crippen LogP contribution in [0.25, 0.3) is 0 Å². The van der Waals surface area contributed by atoms with E-state index < -0.39 is 0 Å². The standard InChI is InChI=1S/C19H22N2O.ClH/c1-14(15-7-3-2-4-8-15)13-21-19(22)17-9-5-11-18-16(17)10-6-12-20-18;/h2-5,7-9,11,14,20H,6,10,12-13H2,1H3,(H,21,22);1H. The van der Waals surface area contributed by atoms with E-state index in [9.17, 15) is 4.79 Å². The molecule has 1 aliphatic heterocycles. The first-order chi connectivity index (χ1) is 10.8. The highest BCUT2D eigenvalue weighted by Gasteiger charge is 2.17. The number of carbonyl (C=O) groups excluding carboxylic acids is 1. The lowest BCUT2D eigenvalue weighted by atomic mass is 9.96. The second-order valence-corrected chi connectivity index (χ2v) is 5.88. The van der Waals surface area contributed by atoms with E-state index in [4.69, 9.17) is 0 Å². The van der Waals surface area contributed by atoms with Crippen molar-refractivity contribution in [3.8, 4) is 0 Å². The fraction of sp³-hybridized carbons (Fsp3) is 0.316. The van der Waals surface area contributed by atoms with E-state index in [1.807, 2.05) is 30.3 Å². The Labute approximate surface area is 143 Å². The Morgan fingerprint density at radius 1 is 1.17 bits per heavy atom. The Morgan fingerprint density at radius 2 is 1.96 bits per heavy atom. The number of nitrogens with one attached hydrogen (secondary N) is 2. The van der Waals surface area contributed by atoms with Crippen LogP contribution in [0.3, 0.4) is 0 Å². The predicted octanol–water partition coefficient (Wildman–Crippen LogP) is 4.00. The van der Waals surface area contributed by atoms with Gasteiger partial charge in [0.2, 0.25) is 0 Å². The molecule has 122 valence electrons. The maximum atomic E-state index is 12.5. The van der Waals surface area contributed by atoms with E-state index in [0.717, 1.165) is 36.2 Å². The minimum atomic E-state index is 0. The highest BCUT2D eigenvalue weighted by Crippen LogP contribution is 2.25. The highest BCUT2D eigenvalue weighted by molar-refractivity contribution is 5.97. The molecule has 3 rings (SSSR count). The van der Waals surface area contributed by atoms with Crippen LogP contribution in [0.1, 0.15) is 40.7 Å². The second kappa shape index (κ2) is 8.02. The molecule has 0 fully saturated rings. The molecule has 23 heavy (non-hydrogen) atoms. The lowest BCUT2D eigenvalue weighted by molar-refractivity contribution is 0.0950. The number of hydrogen-bond acceptors (Lipinski definition) is 2. The van der Waals surface area contributed by atoms with Crippen LogP contribution in [0.5, 0.6) is 0 Å². The molecule has 0 saturated carbocycles. The molecule has 0 radical (unpaired) electrons. The third kappa shape index (κ3) is 4.05. The first kappa shape index (κ1) is 17.4. The van der Waals surface area contributed by atoms with Gasteiger partial charge in [-0.3, -0.25) is 4.79 Å². The summed E-state index contributed by atoms with van der Waals surface area (Å²) in [6.45, 7) is 3.78. The number of anilines is 1. The SMILES string of the molecule is CC(CNC(=O)c1cccc2c1CCCN2)c1ccccc1.Cl. The van der Waals surface area contributed by atoms with Crippen LogP contribution in [0.15, 0.2) is 48.5 Å². The Hall–Kier alpha value is -2.00. The van der Waals surface area contributed by atoms with Crippen molar-refractivity contribution in [3.05, 3.63) is 65.2 Å². The van der Waals surface area contributed by atoms with Crippen LogP contribution in [0, 0.1) is 0 Å². The summed E-state index contributed by atoms with van der Waals surface area (Å²) in [6, 6.07) is 16.2. The molecule has 4 heteroatoms. The molecular weight excluding hydrogens is 308 g/mol. The summed E-state index contributed by atoms with van der Waals surface area (Å²) in [5, 5.41) is 6.45. The molecule has 1 heterocycles. The Kier molecular flexibility index (Phi) is 6.05. The van der Waals surface area contributed by atoms with Gasteiger partial charge in [-0.15, -0.1) is 12.4 Å². The number of rotatable bonds is 4. The quantitative estimate of drug-likeness (QED) is 0.889. The van der Waals surface area contributed by atoms with Gasteiger partial charge in [0.15, 0.2) is 0 Å². The van der Waals surface area contributed by atoms with E-state index in [1.165, 1.54) is 5.56 Å². The van der Waals surface area contributed by atoms with Crippen LogP contribution in [-0.4, -0.2) is 19.0 Å². The molecule has 2 N–H and O–H groups in total. The summed E-state index contributed by atoms with van der Waals surface area (Å²) in [7, 11) is 0. The number of fused-ring (bicyclic) bond motifs is 1. The monoisotopic (exact) mass is 330 g/mol. The normalized spacial score (nSPS) is 14.0. The Morgan fingerprint density at radius 3 is 2.74 bits per heavy atom. The number of carbonyl (C=O) groups is 1. The fourth-order valence-corrected chi connectivity index (χ4v) is 2.96. The molecule has 1 aliphatic rings. The van der Waals surface area contributed by atoms with Gasteiger partial charge in [0.25, 0.3) is 5.91 Å². The van der Waals surface area contributed by atoms with Crippen molar-refractivity contribution in [3.63, 3.8) is 0 Å². The molecule has 2 aromatic carbocycles. The molecule has 3 nitrogen and oxygen atoms in total. The smallest absolute Gasteiger partial charge is 0.251 e. The maximum absolute atomic E-state index is 12.5. The Balaban J connectivity index is 0.00000192. The van der Waals surface area contributed by atoms with E-state index in [2.05, 4.69) is 35.8 Å². The van der Waals surface area contributed by atoms with Crippen LogP contribution >= 0.6 is 12.4 Å².